The number of aliphatic carboxylic acids is 1. The highest BCUT2D eigenvalue weighted by atomic mass is 16.4. The number of carbonyl (C=O) groups excluding carboxylic acids is 2. The third kappa shape index (κ3) is 3.27. The van der Waals surface area contributed by atoms with Crippen molar-refractivity contribution < 1.29 is 29.7 Å². The summed E-state index contributed by atoms with van der Waals surface area (Å²) in [7, 11) is 0. The number of hydrogen-bond donors (Lipinski definition) is 3. The van der Waals surface area contributed by atoms with E-state index in [-0.39, 0.29) is 69.2 Å². The zero-order valence-corrected chi connectivity index (χ0v) is 29.2. The van der Waals surface area contributed by atoms with Crippen LogP contribution in [0.1, 0.15) is 113 Å². The number of carboxylic acid groups (broad SMARTS) is 1. The van der Waals surface area contributed by atoms with Gasteiger partial charge in [0.2, 0.25) is 5.78 Å². The van der Waals surface area contributed by atoms with Gasteiger partial charge in [0, 0.05) is 17.4 Å². The molecular formula is C40H56O6. The Labute approximate surface area is 275 Å². The molecule has 12 atom stereocenters. The van der Waals surface area contributed by atoms with E-state index in [4.69, 9.17) is 6.58 Å². The van der Waals surface area contributed by atoms with Gasteiger partial charge in [0.1, 0.15) is 0 Å². The first kappa shape index (κ1) is 32.3. The van der Waals surface area contributed by atoms with Crippen molar-refractivity contribution in [2.75, 3.05) is 0 Å². The molecule has 0 aromatic heterocycles. The number of fused-ring (bicyclic) bond motifs is 4. The average Bonchev–Trinajstić information content (AvgIpc) is 3.35. The highest BCUT2D eigenvalue weighted by Gasteiger charge is 2.89. The summed E-state index contributed by atoms with van der Waals surface area (Å²) in [5.41, 5.74) is -2.17. The maximum absolute atomic E-state index is 15.5. The predicted molar refractivity (Wildman–Crippen MR) is 177 cm³/mol. The highest BCUT2D eigenvalue weighted by molar-refractivity contribution is 6.18. The molecule has 6 saturated carbocycles. The van der Waals surface area contributed by atoms with Crippen LogP contribution in [-0.2, 0) is 14.4 Å². The van der Waals surface area contributed by atoms with Crippen molar-refractivity contribution in [3.8, 4) is 0 Å². The molecule has 0 saturated heterocycles. The molecule has 7 rings (SSSR count). The summed E-state index contributed by atoms with van der Waals surface area (Å²) in [5, 5.41) is 34.9. The first-order valence-corrected chi connectivity index (χ1v) is 18.1. The zero-order valence-electron chi connectivity index (χ0n) is 29.2. The van der Waals surface area contributed by atoms with E-state index in [0.717, 1.165) is 56.1 Å². The maximum atomic E-state index is 15.5. The van der Waals surface area contributed by atoms with Crippen molar-refractivity contribution in [1.29, 1.82) is 0 Å². The first-order chi connectivity index (χ1) is 21.3. The number of ketones is 2. The standard InChI is InChI=1S/C40H56O6/c1-20(2)27-30(42)33(44)40-25(18-24-21(3)12-13-26-36(24,7)15-11-16-37(26,8)34(45)46)22(4)23-19-39(40,32(27)43)28(29(23)41)31-35(5,6)14-10-17-38(31,40)9/h20,23-26,28-29,31,41-42H,3-4,10-19H2,1-2,5-9H3,(H,45,46)/t23-,24-,25-,26+,28+,29-,31-,36+,37+,38-,39+,40+/m0/s1. The van der Waals surface area contributed by atoms with Crippen LogP contribution in [0, 0.1) is 73.9 Å². The molecule has 0 heterocycles. The van der Waals surface area contributed by atoms with Crippen LogP contribution in [0.3, 0.4) is 0 Å². The van der Waals surface area contributed by atoms with E-state index < -0.39 is 39.7 Å². The number of hydrogen-bond acceptors (Lipinski definition) is 5. The SMILES string of the molecule is C=C1CC[C@@H]2[C@](C)(CCC[C@@]2(C)C(=O)O)[C@H]1C[C@H]1C(=C)[C@@H]2C[C@@]34C(=O)C(C(C)C)=C(O)C(=O)[C@@]13[C@@]1(C)CCCC(C)(C)[C@@H]1[C@H]4[C@H]2O. The van der Waals surface area contributed by atoms with Gasteiger partial charge in [0.05, 0.1) is 22.3 Å². The Balaban J connectivity index is 1.49. The van der Waals surface area contributed by atoms with Gasteiger partial charge in [-0.3, -0.25) is 14.4 Å². The summed E-state index contributed by atoms with van der Waals surface area (Å²) in [6.07, 6.45) is 6.68. The molecule has 0 aromatic rings. The van der Waals surface area contributed by atoms with Crippen LogP contribution in [-0.4, -0.2) is 39.0 Å². The Kier molecular flexibility index (Phi) is 6.66. The Hall–Kier alpha value is -2.21. The summed E-state index contributed by atoms with van der Waals surface area (Å²) in [5.74, 6) is -3.13. The summed E-state index contributed by atoms with van der Waals surface area (Å²) in [6.45, 7) is 24.0. The highest BCUT2D eigenvalue weighted by Crippen LogP contribution is 2.87. The second-order valence-corrected chi connectivity index (χ2v) is 18.7. The molecule has 0 aliphatic heterocycles. The number of aliphatic hydroxyl groups is 2. The minimum atomic E-state index is -1.23. The second kappa shape index (κ2) is 9.48. The molecule has 2 bridgehead atoms. The van der Waals surface area contributed by atoms with Gasteiger partial charge in [0.25, 0.3) is 0 Å². The molecule has 46 heavy (non-hydrogen) atoms. The molecule has 6 nitrogen and oxygen atoms in total. The topological polar surface area (TPSA) is 112 Å². The lowest BCUT2D eigenvalue weighted by Crippen LogP contribution is -2.67. The smallest absolute Gasteiger partial charge is 0.309 e. The average molecular weight is 633 g/mol. The van der Waals surface area contributed by atoms with Gasteiger partial charge in [-0.05, 0) is 104 Å². The molecule has 6 heteroatoms. The number of aliphatic hydroxyl groups excluding tert-OH is 2. The lowest BCUT2D eigenvalue weighted by molar-refractivity contribution is -0.178. The molecule has 7 aliphatic carbocycles. The molecule has 7 aliphatic rings. The summed E-state index contributed by atoms with van der Waals surface area (Å²) < 4.78 is 0. The Morgan fingerprint density at radius 2 is 1.61 bits per heavy atom. The molecule has 0 amide bonds. The molecule has 252 valence electrons. The van der Waals surface area contributed by atoms with E-state index in [9.17, 15) is 20.1 Å². The third-order valence-corrected chi connectivity index (χ3v) is 16.4. The monoisotopic (exact) mass is 632 g/mol. The van der Waals surface area contributed by atoms with Gasteiger partial charge in [-0.15, -0.1) is 0 Å². The molecule has 0 radical (unpaired) electrons. The number of Topliss-reactive ketones (excluding diaryl/α,β-unsaturated/α-hetero) is 2. The van der Waals surface area contributed by atoms with E-state index in [2.05, 4.69) is 34.3 Å². The van der Waals surface area contributed by atoms with Crippen molar-refractivity contribution >= 4 is 17.5 Å². The van der Waals surface area contributed by atoms with Crippen molar-refractivity contribution in [3.63, 3.8) is 0 Å². The fraction of sp³-hybridized carbons (Fsp3) is 0.775. The molecular weight excluding hydrogens is 576 g/mol. The molecule has 1 spiro atoms. The van der Waals surface area contributed by atoms with Gasteiger partial charge in [-0.1, -0.05) is 78.7 Å². The van der Waals surface area contributed by atoms with Crippen molar-refractivity contribution in [2.45, 2.75) is 119 Å². The van der Waals surface area contributed by atoms with Crippen LogP contribution in [0.5, 0.6) is 0 Å². The van der Waals surface area contributed by atoms with Crippen molar-refractivity contribution in [2.24, 2.45) is 73.9 Å². The minimum Gasteiger partial charge on any atom is -0.504 e. The Bertz CT molecular complexity index is 1500. The number of rotatable bonds is 4. The van der Waals surface area contributed by atoms with E-state index in [1.807, 2.05) is 20.8 Å². The number of carboxylic acids is 1. The van der Waals surface area contributed by atoms with E-state index in [0.29, 0.717) is 19.3 Å². The Morgan fingerprint density at radius 3 is 2.24 bits per heavy atom. The summed E-state index contributed by atoms with van der Waals surface area (Å²) in [4.78, 5) is 43.6. The van der Waals surface area contributed by atoms with Crippen LogP contribution >= 0.6 is 0 Å². The lowest BCUT2D eigenvalue weighted by Gasteiger charge is -2.64. The quantitative estimate of drug-likeness (QED) is 0.272. The largest absolute Gasteiger partial charge is 0.504 e. The van der Waals surface area contributed by atoms with Crippen LogP contribution in [0.15, 0.2) is 35.6 Å². The fourth-order valence-corrected chi connectivity index (χ4v) is 15.0. The first-order valence-electron chi connectivity index (χ1n) is 18.1. The van der Waals surface area contributed by atoms with E-state index in [1.54, 1.807) is 0 Å². The van der Waals surface area contributed by atoms with Crippen molar-refractivity contribution in [1.82, 2.24) is 0 Å². The normalized spacial score (nSPS) is 50.8. The predicted octanol–water partition coefficient (Wildman–Crippen LogP) is 7.86. The molecule has 3 N–H and O–H groups in total. The zero-order chi connectivity index (χ0) is 33.7. The van der Waals surface area contributed by atoms with E-state index >= 15 is 9.59 Å². The van der Waals surface area contributed by atoms with Crippen LogP contribution < -0.4 is 0 Å². The summed E-state index contributed by atoms with van der Waals surface area (Å²) in [6, 6.07) is 0. The van der Waals surface area contributed by atoms with Gasteiger partial charge in [-0.25, -0.2) is 0 Å². The lowest BCUT2D eigenvalue weighted by atomic mass is 9.36. The Morgan fingerprint density at radius 1 is 0.957 bits per heavy atom. The van der Waals surface area contributed by atoms with Gasteiger partial charge in [-0.2, -0.15) is 0 Å². The molecule has 0 unspecified atom stereocenters. The van der Waals surface area contributed by atoms with E-state index in [1.165, 1.54) is 0 Å². The van der Waals surface area contributed by atoms with Gasteiger partial charge < -0.3 is 15.3 Å². The fourth-order valence-electron chi connectivity index (χ4n) is 15.0. The minimum absolute atomic E-state index is 0.0369. The van der Waals surface area contributed by atoms with Gasteiger partial charge in [0.15, 0.2) is 11.5 Å². The molecule has 6 fully saturated rings. The molecule has 0 aromatic carbocycles. The van der Waals surface area contributed by atoms with Crippen LogP contribution in [0.2, 0.25) is 0 Å². The number of allylic oxidation sites excluding steroid dienone is 3. The maximum Gasteiger partial charge on any atom is 0.309 e. The summed E-state index contributed by atoms with van der Waals surface area (Å²) >= 11 is 0. The number of carbonyl (C=O) groups is 3. The van der Waals surface area contributed by atoms with Crippen LogP contribution in [0.4, 0.5) is 0 Å². The van der Waals surface area contributed by atoms with Gasteiger partial charge >= 0.3 is 5.97 Å². The van der Waals surface area contributed by atoms with Crippen LogP contribution in [0.25, 0.3) is 0 Å². The third-order valence-electron chi connectivity index (χ3n) is 16.4. The second-order valence-electron chi connectivity index (χ2n) is 18.7. The van der Waals surface area contributed by atoms with Crippen molar-refractivity contribution in [3.05, 3.63) is 35.6 Å².